The van der Waals surface area contributed by atoms with Gasteiger partial charge in [0.2, 0.25) is 0 Å². The highest BCUT2D eigenvalue weighted by Crippen LogP contribution is 2.15. The molecule has 0 radical (unpaired) electrons. The molecule has 3 nitrogen and oxygen atoms in total. The van der Waals surface area contributed by atoms with Crippen molar-refractivity contribution in [2.75, 3.05) is 6.61 Å². The van der Waals surface area contributed by atoms with Crippen LogP contribution in [0.3, 0.4) is 0 Å². The molecule has 0 fully saturated rings. The van der Waals surface area contributed by atoms with Crippen molar-refractivity contribution < 1.29 is 14.3 Å². The zero-order chi connectivity index (χ0) is 12.1. The van der Waals surface area contributed by atoms with Gasteiger partial charge >= 0.3 is 5.97 Å². The summed E-state index contributed by atoms with van der Waals surface area (Å²) in [7, 11) is 0. The van der Waals surface area contributed by atoms with Gasteiger partial charge in [-0.2, -0.15) is 0 Å². The normalized spacial score (nSPS) is 19.7. The number of cyclic esters (lactones) is 1. The Hall–Kier alpha value is -1.61. The van der Waals surface area contributed by atoms with E-state index < -0.39 is 0 Å². The van der Waals surface area contributed by atoms with Gasteiger partial charge in [0.15, 0.2) is 0 Å². The van der Waals surface area contributed by atoms with Crippen molar-refractivity contribution in [2.45, 2.75) is 26.1 Å². The molecule has 1 aromatic rings. The van der Waals surface area contributed by atoms with Crippen LogP contribution in [0.4, 0.5) is 0 Å². The highest BCUT2D eigenvalue weighted by molar-refractivity contribution is 5.83. The van der Waals surface area contributed by atoms with Crippen molar-refractivity contribution in [3.8, 4) is 0 Å². The lowest BCUT2D eigenvalue weighted by atomic mass is 10.1. The Morgan fingerprint density at radius 1 is 1.35 bits per heavy atom. The van der Waals surface area contributed by atoms with Crippen molar-refractivity contribution >= 4 is 5.97 Å². The predicted molar refractivity (Wildman–Crippen MR) is 64.4 cm³/mol. The molecule has 1 aromatic carbocycles. The van der Waals surface area contributed by atoms with Gasteiger partial charge in [0.05, 0.1) is 13.2 Å². The molecule has 0 saturated heterocycles. The van der Waals surface area contributed by atoms with E-state index in [1.807, 2.05) is 37.3 Å². The molecule has 0 unspecified atom stereocenters. The minimum Gasteiger partial charge on any atom is -0.456 e. The zero-order valence-electron chi connectivity index (χ0n) is 9.89. The fourth-order valence-electron chi connectivity index (χ4n) is 1.83. The third-order valence-corrected chi connectivity index (χ3v) is 2.61. The molecular formula is C14H16O3. The van der Waals surface area contributed by atoms with Gasteiger partial charge in [-0.3, -0.25) is 0 Å². The second-order valence-electron chi connectivity index (χ2n) is 4.25. The van der Waals surface area contributed by atoms with Gasteiger partial charge in [0.1, 0.15) is 6.10 Å². The highest BCUT2D eigenvalue weighted by atomic mass is 16.6. The van der Waals surface area contributed by atoms with Crippen molar-refractivity contribution in [1.29, 1.82) is 0 Å². The summed E-state index contributed by atoms with van der Waals surface area (Å²) < 4.78 is 10.7. The molecule has 0 spiro atoms. The first-order chi connectivity index (χ1) is 8.24. The van der Waals surface area contributed by atoms with Crippen LogP contribution in [0.1, 0.15) is 18.9 Å². The van der Waals surface area contributed by atoms with E-state index in [0.29, 0.717) is 13.2 Å². The largest absolute Gasteiger partial charge is 0.456 e. The van der Waals surface area contributed by atoms with E-state index in [0.717, 1.165) is 17.6 Å². The lowest BCUT2D eigenvalue weighted by molar-refractivity contribution is -0.147. The molecule has 1 heterocycles. The molecule has 0 aromatic heterocycles. The molecule has 0 N–H and O–H groups in total. The van der Waals surface area contributed by atoms with Crippen molar-refractivity contribution in [3.05, 3.63) is 47.5 Å². The van der Waals surface area contributed by atoms with Crippen LogP contribution in [0.15, 0.2) is 42.0 Å². The third-order valence-electron chi connectivity index (χ3n) is 2.61. The van der Waals surface area contributed by atoms with Crippen LogP contribution in [0, 0.1) is 0 Å². The van der Waals surface area contributed by atoms with Gasteiger partial charge in [-0.15, -0.1) is 0 Å². The maximum Gasteiger partial charge on any atom is 0.331 e. The quantitative estimate of drug-likeness (QED) is 0.748. The van der Waals surface area contributed by atoms with Crippen LogP contribution in [0.25, 0.3) is 0 Å². The number of hydrogen-bond acceptors (Lipinski definition) is 3. The smallest absolute Gasteiger partial charge is 0.331 e. The van der Waals surface area contributed by atoms with Crippen LogP contribution >= 0.6 is 0 Å². The van der Waals surface area contributed by atoms with Crippen molar-refractivity contribution in [3.63, 3.8) is 0 Å². The van der Waals surface area contributed by atoms with Crippen LogP contribution in [-0.4, -0.2) is 18.7 Å². The van der Waals surface area contributed by atoms with E-state index in [9.17, 15) is 4.79 Å². The summed E-state index contributed by atoms with van der Waals surface area (Å²) in [4.78, 5) is 11.2. The average Bonchev–Trinajstić information content (AvgIpc) is 2.29. The first kappa shape index (κ1) is 11.9. The Balaban J connectivity index is 1.76. The summed E-state index contributed by atoms with van der Waals surface area (Å²) in [6, 6.07) is 9.95. The van der Waals surface area contributed by atoms with Crippen LogP contribution < -0.4 is 0 Å². The molecule has 0 saturated carbocycles. The summed E-state index contributed by atoms with van der Waals surface area (Å²) in [6.45, 7) is 2.94. The maximum absolute atomic E-state index is 11.2. The summed E-state index contributed by atoms with van der Waals surface area (Å²) >= 11 is 0. The fraction of sp³-hybridized carbons (Fsp3) is 0.357. The molecule has 1 aliphatic heterocycles. The number of esters is 1. The Bertz CT molecular complexity index is 409. The van der Waals surface area contributed by atoms with E-state index in [1.54, 1.807) is 0 Å². The van der Waals surface area contributed by atoms with Gasteiger partial charge < -0.3 is 9.47 Å². The van der Waals surface area contributed by atoms with Gasteiger partial charge in [-0.05, 0) is 12.5 Å². The molecule has 17 heavy (non-hydrogen) atoms. The SMILES string of the molecule is CC1=CC(=O)O[C@@H](COCc2ccccc2)C1. The Morgan fingerprint density at radius 3 is 2.82 bits per heavy atom. The van der Waals surface area contributed by atoms with E-state index in [1.165, 1.54) is 6.08 Å². The molecule has 0 bridgehead atoms. The van der Waals surface area contributed by atoms with Crippen LogP contribution in [0.2, 0.25) is 0 Å². The Morgan fingerprint density at radius 2 is 2.12 bits per heavy atom. The third kappa shape index (κ3) is 3.71. The first-order valence-electron chi connectivity index (χ1n) is 5.73. The Labute approximate surface area is 101 Å². The van der Waals surface area contributed by atoms with Gasteiger partial charge in [0.25, 0.3) is 0 Å². The molecule has 0 aliphatic carbocycles. The van der Waals surface area contributed by atoms with E-state index in [-0.39, 0.29) is 12.1 Å². The van der Waals surface area contributed by atoms with Crippen molar-refractivity contribution in [1.82, 2.24) is 0 Å². The van der Waals surface area contributed by atoms with Crippen LogP contribution in [-0.2, 0) is 20.9 Å². The average molecular weight is 232 g/mol. The number of rotatable bonds is 4. The maximum atomic E-state index is 11.2. The lowest BCUT2D eigenvalue weighted by Crippen LogP contribution is -2.26. The summed E-state index contributed by atoms with van der Waals surface area (Å²) in [5, 5.41) is 0. The molecule has 90 valence electrons. The summed E-state index contributed by atoms with van der Waals surface area (Å²) in [6.07, 6.45) is 2.16. The minimum absolute atomic E-state index is 0.142. The number of hydrogen-bond donors (Lipinski definition) is 0. The monoisotopic (exact) mass is 232 g/mol. The summed E-state index contributed by atoms with van der Waals surface area (Å²) in [5.74, 6) is -0.262. The predicted octanol–water partition coefficient (Wildman–Crippen LogP) is 2.47. The molecular weight excluding hydrogens is 216 g/mol. The van der Waals surface area contributed by atoms with Gasteiger partial charge in [0, 0.05) is 12.5 Å². The fourth-order valence-corrected chi connectivity index (χ4v) is 1.83. The van der Waals surface area contributed by atoms with Crippen molar-refractivity contribution in [2.24, 2.45) is 0 Å². The lowest BCUT2D eigenvalue weighted by Gasteiger charge is -2.21. The first-order valence-corrected chi connectivity index (χ1v) is 5.73. The zero-order valence-corrected chi connectivity index (χ0v) is 9.89. The molecule has 3 heteroatoms. The number of carbonyl (C=O) groups is 1. The minimum atomic E-state index is -0.262. The standard InChI is InChI=1S/C14H16O3/c1-11-7-13(17-14(15)8-11)10-16-9-12-5-3-2-4-6-12/h2-6,8,13H,7,9-10H2,1H3/t13-/m1/s1. The number of ether oxygens (including phenoxy) is 2. The number of benzene rings is 1. The summed E-state index contributed by atoms with van der Waals surface area (Å²) in [5.41, 5.74) is 2.18. The number of carbonyl (C=O) groups excluding carboxylic acids is 1. The topological polar surface area (TPSA) is 35.5 Å². The molecule has 1 atom stereocenters. The molecule has 0 amide bonds. The Kier molecular flexibility index (Phi) is 3.94. The van der Waals surface area contributed by atoms with E-state index in [4.69, 9.17) is 9.47 Å². The van der Waals surface area contributed by atoms with Crippen LogP contribution in [0.5, 0.6) is 0 Å². The van der Waals surface area contributed by atoms with E-state index >= 15 is 0 Å². The molecule has 2 rings (SSSR count). The van der Waals surface area contributed by atoms with Gasteiger partial charge in [-0.25, -0.2) is 4.79 Å². The highest BCUT2D eigenvalue weighted by Gasteiger charge is 2.19. The van der Waals surface area contributed by atoms with Gasteiger partial charge in [-0.1, -0.05) is 35.9 Å². The second kappa shape index (κ2) is 5.64. The molecule has 1 aliphatic rings. The van der Waals surface area contributed by atoms with E-state index in [2.05, 4.69) is 0 Å². The second-order valence-corrected chi connectivity index (χ2v) is 4.25.